The van der Waals surface area contributed by atoms with Gasteiger partial charge in [0.2, 0.25) is 5.91 Å². The predicted molar refractivity (Wildman–Crippen MR) is 70.1 cm³/mol. The van der Waals surface area contributed by atoms with Gasteiger partial charge in [0.1, 0.15) is 11.5 Å². The van der Waals surface area contributed by atoms with Gasteiger partial charge in [-0.3, -0.25) is 4.79 Å². The molecule has 1 aromatic heterocycles. The van der Waals surface area contributed by atoms with Gasteiger partial charge in [-0.2, -0.15) is 0 Å². The third kappa shape index (κ3) is 2.63. The summed E-state index contributed by atoms with van der Waals surface area (Å²) in [4.78, 5) is 11.0. The molecule has 0 bridgehead atoms. The minimum absolute atomic E-state index is 0.395. The monoisotopic (exact) mass is 245 g/mol. The molecule has 0 aliphatic carbocycles. The van der Waals surface area contributed by atoms with Gasteiger partial charge in [-0.25, -0.2) is 0 Å². The second-order valence-electron chi connectivity index (χ2n) is 4.03. The van der Waals surface area contributed by atoms with Crippen LogP contribution >= 0.6 is 0 Å². The molecule has 5 N–H and O–H groups in total. The number of nitrogens with one attached hydrogen (secondary N) is 1. The van der Waals surface area contributed by atoms with E-state index < -0.39 is 5.91 Å². The molecular formula is C13H15N3O2. The van der Waals surface area contributed by atoms with Crippen LogP contribution in [0, 0.1) is 6.92 Å². The summed E-state index contributed by atoms with van der Waals surface area (Å²) in [7, 11) is 0. The van der Waals surface area contributed by atoms with Crippen molar-refractivity contribution in [1.82, 2.24) is 0 Å². The number of anilines is 2. The zero-order valence-corrected chi connectivity index (χ0v) is 10.1. The Labute approximate surface area is 105 Å². The summed E-state index contributed by atoms with van der Waals surface area (Å²) in [5.41, 5.74) is 12.6. The fourth-order valence-electron chi connectivity index (χ4n) is 1.64. The molecule has 1 heterocycles. The van der Waals surface area contributed by atoms with E-state index in [1.54, 1.807) is 18.2 Å². The Kier molecular flexibility index (Phi) is 3.23. The molecule has 1 amide bonds. The van der Waals surface area contributed by atoms with Gasteiger partial charge < -0.3 is 21.2 Å². The maximum Gasteiger partial charge on any atom is 0.248 e. The van der Waals surface area contributed by atoms with Crippen molar-refractivity contribution in [3.05, 3.63) is 47.4 Å². The summed E-state index contributed by atoms with van der Waals surface area (Å²) in [6.45, 7) is 2.42. The Bertz CT molecular complexity index is 575. The van der Waals surface area contributed by atoms with E-state index in [9.17, 15) is 4.79 Å². The molecule has 0 atom stereocenters. The minimum atomic E-state index is -0.491. The predicted octanol–water partition coefficient (Wildman–Crippen LogP) is 1.88. The van der Waals surface area contributed by atoms with Gasteiger partial charge in [-0.05, 0) is 37.3 Å². The number of carbonyl (C=O) groups excluding carboxylic acids is 1. The lowest BCUT2D eigenvalue weighted by Crippen LogP contribution is -2.12. The first-order chi connectivity index (χ1) is 8.56. The van der Waals surface area contributed by atoms with Crippen molar-refractivity contribution < 1.29 is 9.21 Å². The average Bonchev–Trinajstić information content (AvgIpc) is 2.73. The van der Waals surface area contributed by atoms with Crippen molar-refractivity contribution in [2.45, 2.75) is 13.5 Å². The lowest BCUT2D eigenvalue weighted by Gasteiger charge is -2.08. The van der Waals surface area contributed by atoms with Crippen LogP contribution in [0.4, 0.5) is 11.4 Å². The number of nitrogen functional groups attached to an aromatic ring is 1. The lowest BCUT2D eigenvalue weighted by molar-refractivity contribution is 0.100. The molecule has 0 unspecified atom stereocenters. The number of furan rings is 1. The quantitative estimate of drug-likeness (QED) is 0.717. The van der Waals surface area contributed by atoms with Gasteiger partial charge in [-0.15, -0.1) is 0 Å². The Morgan fingerprint density at radius 2 is 2.11 bits per heavy atom. The Balaban J connectivity index is 2.08. The standard InChI is InChI=1S/C13H15N3O2/c1-8-2-4-10(18-8)7-16-12-5-3-9(13(15)17)6-11(12)14/h2-6,16H,7,14H2,1H3,(H2,15,17). The van der Waals surface area contributed by atoms with Crippen LogP contribution < -0.4 is 16.8 Å². The fraction of sp³-hybridized carbons (Fsp3) is 0.154. The van der Waals surface area contributed by atoms with Crippen LogP contribution in [0.1, 0.15) is 21.9 Å². The van der Waals surface area contributed by atoms with Crippen LogP contribution in [-0.2, 0) is 6.54 Å². The summed E-state index contributed by atoms with van der Waals surface area (Å²) in [5, 5.41) is 3.14. The molecule has 0 spiro atoms. The van der Waals surface area contributed by atoms with E-state index >= 15 is 0 Å². The zero-order valence-electron chi connectivity index (χ0n) is 10.1. The van der Waals surface area contributed by atoms with Gasteiger partial charge in [0.25, 0.3) is 0 Å². The molecule has 2 aromatic rings. The highest BCUT2D eigenvalue weighted by molar-refractivity contribution is 5.94. The van der Waals surface area contributed by atoms with Crippen LogP contribution in [0.2, 0.25) is 0 Å². The topological polar surface area (TPSA) is 94.3 Å². The van der Waals surface area contributed by atoms with Gasteiger partial charge in [-0.1, -0.05) is 0 Å². The normalized spacial score (nSPS) is 10.3. The third-order valence-corrected chi connectivity index (χ3v) is 2.59. The molecule has 2 rings (SSSR count). The van der Waals surface area contributed by atoms with Crippen molar-refractivity contribution in [3.63, 3.8) is 0 Å². The third-order valence-electron chi connectivity index (χ3n) is 2.59. The maximum atomic E-state index is 11.0. The number of hydrogen-bond donors (Lipinski definition) is 3. The van der Waals surface area contributed by atoms with Crippen LogP contribution in [0.5, 0.6) is 0 Å². The van der Waals surface area contributed by atoms with E-state index in [1.807, 2.05) is 19.1 Å². The molecule has 0 aliphatic rings. The van der Waals surface area contributed by atoms with Gasteiger partial charge in [0.05, 0.1) is 17.9 Å². The number of carbonyl (C=O) groups is 1. The number of aryl methyl sites for hydroxylation is 1. The summed E-state index contributed by atoms with van der Waals surface area (Å²) in [6, 6.07) is 8.71. The summed E-state index contributed by atoms with van der Waals surface area (Å²) in [6.07, 6.45) is 0. The Hall–Kier alpha value is -2.43. The number of primary amides is 1. The van der Waals surface area contributed by atoms with E-state index in [1.165, 1.54) is 0 Å². The molecule has 0 saturated heterocycles. The van der Waals surface area contributed by atoms with E-state index in [4.69, 9.17) is 15.9 Å². The van der Waals surface area contributed by atoms with E-state index in [2.05, 4.69) is 5.32 Å². The number of amides is 1. The molecule has 94 valence electrons. The number of hydrogen-bond acceptors (Lipinski definition) is 4. The Morgan fingerprint density at radius 3 is 2.67 bits per heavy atom. The molecule has 18 heavy (non-hydrogen) atoms. The first-order valence-electron chi connectivity index (χ1n) is 5.55. The van der Waals surface area contributed by atoms with Crippen molar-refractivity contribution >= 4 is 17.3 Å². The van der Waals surface area contributed by atoms with Crippen molar-refractivity contribution in [2.24, 2.45) is 5.73 Å². The average molecular weight is 245 g/mol. The molecule has 5 heteroatoms. The summed E-state index contributed by atoms with van der Waals surface area (Å²) < 4.78 is 5.43. The Morgan fingerprint density at radius 1 is 1.33 bits per heavy atom. The first-order valence-corrected chi connectivity index (χ1v) is 5.55. The van der Waals surface area contributed by atoms with Crippen LogP contribution in [0.25, 0.3) is 0 Å². The molecule has 0 saturated carbocycles. The van der Waals surface area contributed by atoms with Crippen LogP contribution in [0.15, 0.2) is 34.7 Å². The van der Waals surface area contributed by atoms with E-state index in [-0.39, 0.29) is 0 Å². The summed E-state index contributed by atoms with van der Waals surface area (Å²) >= 11 is 0. The maximum absolute atomic E-state index is 11.0. The summed E-state index contributed by atoms with van der Waals surface area (Å²) in [5.74, 6) is 1.20. The van der Waals surface area contributed by atoms with Crippen LogP contribution in [-0.4, -0.2) is 5.91 Å². The molecule has 5 nitrogen and oxygen atoms in total. The molecular weight excluding hydrogens is 230 g/mol. The number of rotatable bonds is 4. The first kappa shape index (κ1) is 12.0. The van der Waals surface area contributed by atoms with E-state index in [0.717, 1.165) is 17.2 Å². The molecule has 0 radical (unpaired) electrons. The zero-order chi connectivity index (χ0) is 13.1. The number of nitrogens with two attached hydrogens (primary N) is 2. The van der Waals surface area contributed by atoms with Crippen LogP contribution in [0.3, 0.4) is 0 Å². The van der Waals surface area contributed by atoms with Gasteiger partial charge in [0, 0.05) is 5.56 Å². The van der Waals surface area contributed by atoms with Crippen molar-refractivity contribution in [3.8, 4) is 0 Å². The van der Waals surface area contributed by atoms with Gasteiger partial charge in [0.15, 0.2) is 0 Å². The minimum Gasteiger partial charge on any atom is -0.465 e. The van der Waals surface area contributed by atoms with Crippen molar-refractivity contribution in [1.29, 1.82) is 0 Å². The SMILES string of the molecule is Cc1ccc(CNc2ccc(C(N)=O)cc2N)o1. The highest BCUT2D eigenvalue weighted by atomic mass is 16.3. The second kappa shape index (κ2) is 4.83. The molecule has 0 fully saturated rings. The largest absolute Gasteiger partial charge is 0.465 e. The second-order valence-corrected chi connectivity index (χ2v) is 4.03. The highest BCUT2D eigenvalue weighted by Gasteiger charge is 2.05. The highest BCUT2D eigenvalue weighted by Crippen LogP contribution is 2.20. The smallest absolute Gasteiger partial charge is 0.248 e. The fourth-order valence-corrected chi connectivity index (χ4v) is 1.64. The van der Waals surface area contributed by atoms with Crippen molar-refractivity contribution in [2.75, 3.05) is 11.1 Å². The number of benzene rings is 1. The molecule has 1 aromatic carbocycles. The van der Waals surface area contributed by atoms with E-state index in [0.29, 0.717) is 17.8 Å². The molecule has 0 aliphatic heterocycles. The lowest BCUT2D eigenvalue weighted by atomic mass is 10.1. The van der Waals surface area contributed by atoms with Gasteiger partial charge >= 0.3 is 0 Å².